The summed E-state index contributed by atoms with van der Waals surface area (Å²) in [7, 11) is -0.137. The summed E-state index contributed by atoms with van der Waals surface area (Å²) in [6.45, 7) is 0. The Hall–Kier alpha value is -1.25. The zero-order valence-electron chi connectivity index (χ0n) is 7.00. The molecular formula is C6H5ClFNO5S. The van der Waals surface area contributed by atoms with Crippen LogP contribution in [0.25, 0.3) is 0 Å². The second kappa shape index (κ2) is 5.59. The van der Waals surface area contributed by atoms with E-state index in [1.165, 1.54) is 12.1 Å². The van der Waals surface area contributed by atoms with E-state index in [-0.39, 0.29) is 0 Å². The molecule has 0 heterocycles. The second-order valence-electron chi connectivity index (χ2n) is 2.12. The first-order chi connectivity index (χ1) is 6.72. The minimum Gasteiger partial charge on any atom is -0.273 e. The van der Waals surface area contributed by atoms with Crippen LogP contribution in [-0.2, 0) is 9.33 Å². The molecule has 0 radical (unpaired) electrons. The lowest BCUT2D eigenvalue weighted by molar-refractivity contribution is -0.387. The molecule has 15 heavy (non-hydrogen) atoms. The monoisotopic (exact) mass is 257 g/mol. The Kier molecular flexibility index (Phi) is 5.12. The molecule has 1 N–H and O–H groups in total. The Morgan fingerprint density at radius 1 is 1.40 bits per heavy atom. The van der Waals surface area contributed by atoms with Crippen molar-refractivity contribution in [3.8, 4) is 0 Å². The molecule has 6 nitrogen and oxygen atoms in total. The Balaban J connectivity index is 0.000000336. The largest absolute Gasteiger partial charge is 0.353 e. The van der Waals surface area contributed by atoms with Crippen molar-refractivity contribution in [3.63, 3.8) is 0 Å². The van der Waals surface area contributed by atoms with E-state index < -0.39 is 25.8 Å². The highest BCUT2D eigenvalue weighted by Gasteiger charge is 2.10. The van der Waals surface area contributed by atoms with Gasteiger partial charge in [0.25, 0.3) is 0 Å². The van der Waals surface area contributed by atoms with Gasteiger partial charge in [0, 0.05) is 16.7 Å². The number of rotatable bonds is 1. The topological polar surface area (TPSA) is 97.5 Å². The molecule has 0 saturated heterocycles. The van der Waals surface area contributed by atoms with Crippen LogP contribution in [0, 0.1) is 15.9 Å². The molecule has 0 bridgehead atoms. The second-order valence-corrected chi connectivity index (χ2v) is 4.11. The zero-order chi connectivity index (χ0) is 12.1. The molecule has 0 aliphatic heterocycles. The van der Waals surface area contributed by atoms with Crippen molar-refractivity contribution in [1.82, 2.24) is 0 Å². The fourth-order valence-electron chi connectivity index (χ4n) is 0.600. The van der Waals surface area contributed by atoms with Crippen molar-refractivity contribution in [3.05, 3.63) is 40.2 Å². The summed E-state index contributed by atoms with van der Waals surface area (Å²) in [4.78, 5) is 9.23. The van der Waals surface area contributed by atoms with Gasteiger partial charge in [-0.15, -0.1) is 0 Å². The van der Waals surface area contributed by atoms with E-state index in [0.29, 0.717) is 0 Å². The summed E-state index contributed by atoms with van der Waals surface area (Å²) in [6, 6.07) is 5.00. The molecule has 0 amide bonds. The molecule has 0 aromatic heterocycles. The molecule has 0 fully saturated rings. The summed E-state index contributed by atoms with van der Waals surface area (Å²) < 4.78 is 37.6. The van der Waals surface area contributed by atoms with Crippen LogP contribution in [0.15, 0.2) is 24.3 Å². The number of hydrogen-bond donors (Lipinski definition) is 1. The molecule has 0 unspecified atom stereocenters. The molecule has 0 atom stereocenters. The Labute approximate surface area is 88.7 Å². The highest BCUT2D eigenvalue weighted by Crippen LogP contribution is 2.14. The third kappa shape index (κ3) is 7.79. The van der Waals surface area contributed by atoms with Crippen LogP contribution in [0.4, 0.5) is 10.1 Å². The third-order valence-corrected chi connectivity index (χ3v) is 1.05. The third-order valence-electron chi connectivity index (χ3n) is 1.05. The number of halogens is 2. The van der Waals surface area contributed by atoms with Gasteiger partial charge in [-0.05, 0) is 6.07 Å². The average Bonchev–Trinajstić information content (AvgIpc) is 2.01. The average molecular weight is 258 g/mol. The van der Waals surface area contributed by atoms with Crippen LogP contribution in [0.2, 0.25) is 0 Å². The zero-order valence-corrected chi connectivity index (χ0v) is 8.57. The molecule has 1 aromatic carbocycles. The summed E-state index contributed by atoms with van der Waals surface area (Å²) in [5, 5.41) is 9.99. The van der Waals surface area contributed by atoms with Crippen LogP contribution in [0.1, 0.15) is 0 Å². The number of para-hydroxylation sites is 1. The molecule has 84 valence electrons. The molecule has 0 aliphatic rings. The van der Waals surface area contributed by atoms with Crippen LogP contribution in [0.5, 0.6) is 0 Å². The van der Waals surface area contributed by atoms with E-state index in [1.807, 2.05) is 0 Å². The first-order valence-corrected chi connectivity index (χ1v) is 5.54. The number of nitro benzene ring substituents is 1. The standard InChI is InChI=1S/C6H4FNO2.ClHO3S/c7-5-3-1-2-4-6(5)8(9)10;1-5(2,3)4/h1-4H;(H,2,3,4). The van der Waals surface area contributed by atoms with Crippen molar-refractivity contribution in [2.75, 3.05) is 0 Å². The summed E-state index contributed by atoms with van der Waals surface area (Å²) in [5.74, 6) is -0.799. The van der Waals surface area contributed by atoms with Gasteiger partial charge >= 0.3 is 15.0 Å². The van der Waals surface area contributed by atoms with Crippen LogP contribution in [-0.4, -0.2) is 17.9 Å². The number of nitrogens with zero attached hydrogens (tertiary/aromatic N) is 1. The van der Waals surface area contributed by atoms with E-state index in [4.69, 9.17) is 13.0 Å². The molecule has 0 saturated carbocycles. The summed E-state index contributed by atoms with van der Waals surface area (Å²) in [6.07, 6.45) is 0. The SMILES string of the molecule is O=S(=O)(O)Cl.O=[N+]([O-])c1ccccc1F. The van der Waals surface area contributed by atoms with Crippen molar-refractivity contribution >= 4 is 25.7 Å². The van der Waals surface area contributed by atoms with Crippen molar-refractivity contribution in [2.24, 2.45) is 0 Å². The summed E-state index contributed by atoms with van der Waals surface area (Å²) in [5.41, 5.74) is -0.484. The van der Waals surface area contributed by atoms with Crippen molar-refractivity contribution < 1.29 is 22.3 Å². The van der Waals surface area contributed by atoms with E-state index >= 15 is 0 Å². The minimum atomic E-state index is -4.19. The van der Waals surface area contributed by atoms with Crippen LogP contribution in [0.3, 0.4) is 0 Å². The minimum absolute atomic E-state index is 0.484. The number of benzene rings is 1. The van der Waals surface area contributed by atoms with E-state index in [2.05, 4.69) is 10.7 Å². The van der Waals surface area contributed by atoms with Gasteiger partial charge in [-0.1, -0.05) is 12.1 Å². The van der Waals surface area contributed by atoms with Gasteiger partial charge in [0.1, 0.15) is 0 Å². The van der Waals surface area contributed by atoms with E-state index in [1.54, 1.807) is 0 Å². The predicted molar refractivity (Wildman–Crippen MR) is 50.5 cm³/mol. The van der Waals surface area contributed by atoms with Crippen molar-refractivity contribution in [1.29, 1.82) is 0 Å². The van der Waals surface area contributed by atoms with Gasteiger partial charge in [-0.2, -0.15) is 12.8 Å². The number of hydrogen-bond acceptors (Lipinski definition) is 4. The Morgan fingerprint density at radius 2 is 1.80 bits per heavy atom. The van der Waals surface area contributed by atoms with Crippen molar-refractivity contribution in [2.45, 2.75) is 0 Å². The Morgan fingerprint density at radius 3 is 2.07 bits per heavy atom. The number of nitro groups is 1. The highest BCUT2D eigenvalue weighted by molar-refractivity contribution is 8.09. The first kappa shape index (κ1) is 13.8. The van der Waals surface area contributed by atoms with Gasteiger partial charge < -0.3 is 0 Å². The van der Waals surface area contributed by atoms with Crippen LogP contribution < -0.4 is 0 Å². The van der Waals surface area contributed by atoms with Crippen LogP contribution >= 0.6 is 10.7 Å². The maximum atomic E-state index is 12.4. The van der Waals surface area contributed by atoms with Gasteiger partial charge in [-0.25, -0.2) is 0 Å². The van der Waals surface area contributed by atoms with Gasteiger partial charge in [0.2, 0.25) is 5.82 Å². The fraction of sp³-hybridized carbons (Fsp3) is 0. The predicted octanol–water partition coefficient (Wildman–Crippen LogP) is 1.76. The smallest absolute Gasteiger partial charge is 0.273 e. The van der Waals surface area contributed by atoms with Gasteiger partial charge in [0.05, 0.1) is 4.92 Å². The lowest BCUT2D eigenvalue weighted by Crippen LogP contribution is -1.90. The lowest BCUT2D eigenvalue weighted by atomic mass is 10.3. The molecule has 1 aromatic rings. The lowest BCUT2D eigenvalue weighted by Gasteiger charge is -1.89. The molecule has 0 aliphatic carbocycles. The Bertz CT molecular complexity index is 441. The summed E-state index contributed by atoms with van der Waals surface area (Å²) >= 11 is 0. The quantitative estimate of drug-likeness (QED) is 0.358. The van der Waals surface area contributed by atoms with E-state index in [0.717, 1.165) is 12.1 Å². The fourth-order valence-corrected chi connectivity index (χ4v) is 0.600. The maximum absolute atomic E-state index is 12.4. The molecule has 0 spiro atoms. The normalized spacial score (nSPS) is 10.1. The highest BCUT2D eigenvalue weighted by atomic mass is 35.7. The maximum Gasteiger partial charge on any atom is 0.353 e. The van der Waals surface area contributed by atoms with Gasteiger partial charge in [0.15, 0.2) is 0 Å². The molecule has 9 heteroatoms. The molecular weight excluding hydrogens is 253 g/mol. The van der Waals surface area contributed by atoms with E-state index in [9.17, 15) is 14.5 Å². The first-order valence-electron chi connectivity index (χ1n) is 3.28. The van der Waals surface area contributed by atoms with Gasteiger partial charge in [-0.3, -0.25) is 14.7 Å². The molecule has 1 rings (SSSR count).